The maximum atomic E-state index is 10.1. The van der Waals surface area contributed by atoms with Crippen LogP contribution in [0.3, 0.4) is 0 Å². The van der Waals surface area contributed by atoms with Crippen LogP contribution in [0.5, 0.6) is 0 Å². The first-order valence-electron chi connectivity index (χ1n) is 2.15. The number of hydrogen-bond acceptors (Lipinski definition) is 3. The fraction of sp³-hybridized carbons (Fsp3) is 0. The Hall–Kier alpha value is -0.540. The van der Waals surface area contributed by atoms with Gasteiger partial charge in [0.1, 0.15) is 0 Å². The molecule has 1 heterocycles. The van der Waals surface area contributed by atoms with E-state index >= 15 is 0 Å². The van der Waals surface area contributed by atoms with Crippen molar-refractivity contribution in [3.8, 4) is 0 Å². The molecule has 1 aromatic heterocycles. The molecule has 9 heavy (non-hydrogen) atoms. The fourth-order valence-electron chi connectivity index (χ4n) is 0.420. The average molecular weight is 162 g/mol. The predicted molar refractivity (Wildman–Crippen MR) is 33.7 cm³/mol. The summed E-state index contributed by atoms with van der Waals surface area (Å²) in [6, 6.07) is 1.36. The second kappa shape index (κ2) is 2.37. The molecule has 0 aliphatic heterocycles. The van der Waals surface area contributed by atoms with E-state index in [4.69, 9.17) is 11.6 Å². The van der Waals surface area contributed by atoms with Crippen LogP contribution in [0.1, 0.15) is 9.67 Å². The molecule has 0 saturated heterocycles. The molecule has 0 N–H and O–H groups in total. The van der Waals surface area contributed by atoms with E-state index in [9.17, 15) is 9.90 Å². The average Bonchev–Trinajstić information content (AvgIpc) is 2.14. The van der Waals surface area contributed by atoms with E-state index < -0.39 is 5.97 Å². The summed E-state index contributed by atoms with van der Waals surface area (Å²) in [5, 5.41) is 12.0. The van der Waals surface area contributed by atoms with Crippen molar-refractivity contribution in [1.29, 1.82) is 0 Å². The lowest BCUT2D eigenvalue weighted by molar-refractivity contribution is -0.254. The predicted octanol–water partition coefficient (Wildman–Crippen LogP) is 0.765. The highest BCUT2D eigenvalue weighted by Crippen LogP contribution is 2.17. The third-order valence-electron chi connectivity index (χ3n) is 0.769. The van der Waals surface area contributed by atoms with E-state index in [1.54, 1.807) is 5.38 Å². The van der Waals surface area contributed by atoms with E-state index in [0.29, 0.717) is 5.02 Å². The number of carbonyl (C=O) groups is 1. The maximum absolute atomic E-state index is 10.1. The second-order valence-corrected chi connectivity index (χ2v) is 2.76. The van der Waals surface area contributed by atoms with Gasteiger partial charge in [-0.05, 0) is 6.07 Å². The Morgan fingerprint density at radius 1 is 1.78 bits per heavy atom. The van der Waals surface area contributed by atoms with Gasteiger partial charge in [-0.1, -0.05) is 11.6 Å². The Kier molecular flexibility index (Phi) is 1.73. The third kappa shape index (κ3) is 1.43. The molecule has 0 bridgehead atoms. The smallest absolute Gasteiger partial charge is 0.0815 e. The van der Waals surface area contributed by atoms with Crippen LogP contribution in [-0.2, 0) is 0 Å². The van der Waals surface area contributed by atoms with Crippen LogP contribution >= 0.6 is 22.9 Å². The minimum atomic E-state index is -1.17. The van der Waals surface area contributed by atoms with Crippen LogP contribution in [-0.4, -0.2) is 5.97 Å². The summed E-state index contributed by atoms with van der Waals surface area (Å²) in [5.74, 6) is -1.17. The number of rotatable bonds is 1. The molecular formula is C5H2ClO2S-. The van der Waals surface area contributed by atoms with Gasteiger partial charge in [-0.25, -0.2) is 0 Å². The van der Waals surface area contributed by atoms with E-state index in [0.717, 1.165) is 11.3 Å². The van der Waals surface area contributed by atoms with Crippen LogP contribution in [0, 0.1) is 0 Å². The lowest BCUT2D eigenvalue weighted by Crippen LogP contribution is -2.20. The quantitative estimate of drug-likeness (QED) is 0.610. The first-order chi connectivity index (χ1) is 4.20. The molecular weight excluding hydrogens is 160 g/mol. The van der Waals surface area contributed by atoms with Gasteiger partial charge in [0.2, 0.25) is 0 Å². The Labute approximate surface area is 60.7 Å². The Bertz CT molecular complexity index is 231. The molecule has 0 atom stereocenters. The molecule has 0 saturated carbocycles. The van der Waals surface area contributed by atoms with Crippen LogP contribution in [0.4, 0.5) is 0 Å². The second-order valence-electron chi connectivity index (χ2n) is 1.42. The highest BCUT2D eigenvalue weighted by atomic mass is 35.5. The fourth-order valence-corrected chi connectivity index (χ4v) is 1.33. The van der Waals surface area contributed by atoms with Crippen molar-refractivity contribution < 1.29 is 9.90 Å². The highest BCUT2D eigenvalue weighted by Gasteiger charge is 1.95. The van der Waals surface area contributed by atoms with E-state index in [1.807, 2.05) is 0 Å². The number of hydrogen-bond donors (Lipinski definition) is 0. The lowest BCUT2D eigenvalue weighted by atomic mass is 10.5. The van der Waals surface area contributed by atoms with Crippen molar-refractivity contribution in [2.75, 3.05) is 0 Å². The zero-order valence-corrected chi connectivity index (χ0v) is 5.83. The van der Waals surface area contributed by atoms with Crippen LogP contribution in [0.15, 0.2) is 11.4 Å². The van der Waals surface area contributed by atoms with Crippen molar-refractivity contribution in [2.24, 2.45) is 0 Å². The largest absolute Gasteiger partial charge is 0.544 e. The molecule has 2 nitrogen and oxygen atoms in total. The molecule has 1 rings (SSSR count). The van der Waals surface area contributed by atoms with Crippen LogP contribution < -0.4 is 5.11 Å². The standard InChI is InChI=1S/C5H3ClO2S/c6-3-1-4(5(7)8)9-2-3/h1-2H,(H,7,8)/p-1. The summed E-state index contributed by atoms with van der Waals surface area (Å²) in [6.45, 7) is 0. The van der Waals surface area contributed by atoms with Gasteiger partial charge in [-0.15, -0.1) is 11.3 Å². The third-order valence-corrected chi connectivity index (χ3v) is 2.03. The first-order valence-corrected chi connectivity index (χ1v) is 3.41. The SMILES string of the molecule is O=C([O-])c1cc(Cl)cs1. The highest BCUT2D eigenvalue weighted by molar-refractivity contribution is 7.12. The lowest BCUT2D eigenvalue weighted by Gasteiger charge is -1.91. The van der Waals surface area contributed by atoms with E-state index in [-0.39, 0.29) is 4.88 Å². The molecule has 0 aromatic carbocycles. The number of carbonyl (C=O) groups excluding carboxylic acids is 1. The van der Waals surface area contributed by atoms with Gasteiger partial charge in [0, 0.05) is 5.38 Å². The summed E-state index contributed by atoms with van der Waals surface area (Å²) in [4.78, 5) is 10.2. The summed E-state index contributed by atoms with van der Waals surface area (Å²) in [6.07, 6.45) is 0. The topological polar surface area (TPSA) is 40.1 Å². The molecule has 0 radical (unpaired) electrons. The molecule has 0 aliphatic rings. The molecule has 0 spiro atoms. The summed E-state index contributed by atoms with van der Waals surface area (Å²) in [5.41, 5.74) is 0. The zero-order chi connectivity index (χ0) is 6.85. The normalized spacial score (nSPS) is 9.44. The van der Waals surface area contributed by atoms with Gasteiger partial charge in [0.25, 0.3) is 0 Å². The van der Waals surface area contributed by atoms with Gasteiger partial charge in [-0.3, -0.25) is 0 Å². The number of aromatic carboxylic acids is 1. The number of thiophene rings is 1. The molecule has 1 aromatic rings. The maximum Gasteiger partial charge on any atom is 0.0815 e. The van der Waals surface area contributed by atoms with E-state index in [1.165, 1.54) is 6.07 Å². The zero-order valence-electron chi connectivity index (χ0n) is 4.26. The van der Waals surface area contributed by atoms with Gasteiger partial charge in [0.15, 0.2) is 0 Å². The van der Waals surface area contributed by atoms with Crippen molar-refractivity contribution in [1.82, 2.24) is 0 Å². The molecule has 4 heteroatoms. The summed E-state index contributed by atoms with van der Waals surface area (Å²) < 4.78 is 0. The van der Waals surface area contributed by atoms with Gasteiger partial charge in [0.05, 0.1) is 15.9 Å². The summed E-state index contributed by atoms with van der Waals surface area (Å²) in [7, 11) is 0. The first kappa shape index (κ1) is 6.58. The number of carboxylic acid groups (broad SMARTS) is 1. The van der Waals surface area contributed by atoms with Crippen molar-refractivity contribution in [2.45, 2.75) is 0 Å². The van der Waals surface area contributed by atoms with Crippen molar-refractivity contribution in [3.05, 3.63) is 21.3 Å². The van der Waals surface area contributed by atoms with Crippen molar-refractivity contribution >= 4 is 28.9 Å². The van der Waals surface area contributed by atoms with Crippen LogP contribution in [0.25, 0.3) is 0 Å². The minimum Gasteiger partial charge on any atom is -0.544 e. The molecule has 0 fully saturated rings. The molecule has 0 aliphatic carbocycles. The Morgan fingerprint density at radius 3 is 2.67 bits per heavy atom. The van der Waals surface area contributed by atoms with Crippen molar-refractivity contribution in [3.63, 3.8) is 0 Å². The molecule has 48 valence electrons. The van der Waals surface area contributed by atoms with Crippen LogP contribution in [0.2, 0.25) is 5.02 Å². The summed E-state index contributed by atoms with van der Waals surface area (Å²) >= 11 is 6.49. The number of halogens is 1. The van der Waals surface area contributed by atoms with Gasteiger partial charge < -0.3 is 9.90 Å². The Balaban J connectivity index is 2.98. The minimum absolute atomic E-state index is 0.167. The molecule has 0 amide bonds. The molecule has 0 unspecified atom stereocenters. The van der Waals surface area contributed by atoms with Gasteiger partial charge >= 0.3 is 0 Å². The monoisotopic (exact) mass is 161 g/mol. The van der Waals surface area contributed by atoms with Gasteiger partial charge in [-0.2, -0.15) is 0 Å². The van der Waals surface area contributed by atoms with E-state index in [2.05, 4.69) is 0 Å². The Morgan fingerprint density at radius 2 is 2.44 bits per heavy atom. The number of carboxylic acids is 1.